The predicted octanol–water partition coefficient (Wildman–Crippen LogP) is 4.14. The lowest BCUT2D eigenvalue weighted by atomic mass is 9.87. The average molecular weight is 295 g/mol. The Morgan fingerprint density at radius 1 is 1.00 bits per heavy atom. The van der Waals surface area contributed by atoms with Crippen LogP contribution >= 0.6 is 0 Å². The highest BCUT2D eigenvalue weighted by atomic mass is 16.2. The molecule has 0 aliphatic carbocycles. The van der Waals surface area contributed by atoms with E-state index < -0.39 is 0 Å². The fraction of sp³-hybridized carbons (Fsp3) is 0.222. The van der Waals surface area contributed by atoms with Gasteiger partial charge in [0, 0.05) is 5.69 Å². The van der Waals surface area contributed by atoms with Crippen LogP contribution in [0.3, 0.4) is 0 Å². The molecule has 2 N–H and O–H groups in total. The Labute approximate surface area is 131 Å². The highest BCUT2D eigenvalue weighted by Gasteiger charge is 2.12. The number of nitrogens with zero attached hydrogens (tertiary/aromatic N) is 1. The minimum Gasteiger partial charge on any atom is -0.307 e. The third-order valence-corrected chi connectivity index (χ3v) is 3.19. The Morgan fingerprint density at radius 2 is 1.64 bits per heavy atom. The van der Waals surface area contributed by atoms with Crippen LogP contribution < -0.4 is 10.7 Å². The summed E-state index contributed by atoms with van der Waals surface area (Å²) in [5.41, 5.74) is 5.50. The zero-order valence-corrected chi connectivity index (χ0v) is 13.1. The summed E-state index contributed by atoms with van der Waals surface area (Å²) in [6.45, 7) is 6.52. The van der Waals surface area contributed by atoms with Gasteiger partial charge < -0.3 is 5.32 Å². The normalized spacial score (nSPS) is 11.4. The van der Waals surface area contributed by atoms with Gasteiger partial charge in [-0.1, -0.05) is 63.2 Å². The van der Waals surface area contributed by atoms with E-state index in [4.69, 9.17) is 0 Å². The molecule has 4 nitrogen and oxygen atoms in total. The summed E-state index contributed by atoms with van der Waals surface area (Å²) >= 11 is 0. The molecule has 0 radical (unpaired) electrons. The molecular weight excluding hydrogens is 274 g/mol. The molecule has 4 heteroatoms. The zero-order chi connectivity index (χ0) is 16.0. The number of benzene rings is 2. The van der Waals surface area contributed by atoms with Crippen molar-refractivity contribution in [2.45, 2.75) is 26.2 Å². The van der Waals surface area contributed by atoms with Gasteiger partial charge in [-0.05, 0) is 28.7 Å². The fourth-order valence-electron chi connectivity index (χ4n) is 1.92. The van der Waals surface area contributed by atoms with E-state index in [9.17, 15) is 4.79 Å². The smallest absolute Gasteiger partial charge is 0.307 e. The van der Waals surface area contributed by atoms with Gasteiger partial charge in [0.2, 0.25) is 0 Å². The van der Waals surface area contributed by atoms with Crippen molar-refractivity contribution in [1.82, 2.24) is 5.43 Å². The molecule has 2 aromatic rings. The van der Waals surface area contributed by atoms with Gasteiger partial charge >= 0.3 is 6.03 Å². The summed E-state index contributed by atoms with van der Waals surface area (Å²) in [6, 6.07) is 17.0. The Balaban J connectivity index is 1.88. The van der Waals surface area contributed by atoms with Crippen molar-refractivity contribution in [3.05, 3.63) is 65.7 Å². The van der Waals surface area contributed by atoms with E-state index in [0.29, 0.717) is 0 Å². The molecule has 2 aromatic carbocycles. The summed E-state index contributed by atoms with van der Waals surface area (Å²) < 4.78 is 0. The van der Waals surface area contributed by atoms with Crippen molar-refractivity contribution < 1.29 is 4.79 Å². The van der Waals surface area contributed by atoms with E-state index in [1.807, 2.05) is 42.5 Å². The van der Waals surface area contributed by atoms with Crippen LogP contribution in [0.15, 0.2) is 59.7 Å². The number of hydrogen-bond donors (Lipinski definition) is 2. The molecule has 0 bridgehead atoms. The van der Waals surface area contributed by atoms with Crippen LogP contribution in [0.2, 0.25) is 0 Å². The second-order valence-corrected chi connectivity index (χ2v) is 6.06. The maximum atomic E-state index is 11.7. The van der Waals surface area contributed by atoms with Crippen LogP contribution in [0.1, 0.15) is 31.9 Å². The van der Waals surface area contributed by atoms with Gasteiger partial charge in [0.15, 0.2) is 0 Å². The molecule has 22 heavy (non-hydrogen) atoms. The second-order valence-electron chi connectivity index (χ2n) is 6.06. The van der Waals surface area contributed by atoms with Crippen LogP contribution in [-0.4, -0.2) is 12.2 Å². The standard InChI is InChI=1S/C18H21N3O/c1-18(2,3)15-11-9-14(10-12-15)13-19-21-17(22)20-16-7-5-4-6-8-16/h4-13H,1-3H3,(H2,20,21,22)/b19-13+. The SMILES string of the molecule is CC(C)(C)c1ccc(/C=N/NC(=O)Nc2ccccc2)cc1. The average Bonchev–Trinajstić information content (AvgIpc) is 2.48. The monoisotopic (exact) mass is 295 g/mol. The Morgan fingerprint density at radius 3 is 2.23 bits per heavy atom. The Kier molecular flexibility index (Phi) is 4.94. The van der Waals surface area contributed by atoms with Crippen LogP contribution in [0.5, 0.6) is 0 Å². The molecule has 0 spiro atoms. The summed E-state index contributed by atoms with van der Waals surface area (Å²) in [4.78, 5) is 11.7. The molecule has 0 saturated heterocycles. The number of amides is 2. The first kappa shape index (κ1) is 15.8. The van der Waals surface area contributed by atoms with E-state index in [-0.39, 0.29) is 11.4 Å². The third-order valence-electron chi connectivity index (χ3n) is 3.19. The summed E-state index contributed by atoms with van der Waals surface area (Å²) in [7, 11) is 0. The van der Waals surface area contributed by atoms with Crippen molar-refractivity contribution in [3.8, 4) is 0 Å². The number of hydrazone groups is 1. The fourth-order valence-corrected chi connectivity index (χ4v) is 1.92. The first-order valence-electron chi connectivity index (χ1n) is 7.21. The number of rotatable bonds is 3. The van der Waals surface area contributed by atoms with Crippen LogP contribution in [0.25, 0.3) is 0 Å². The highest BCUT2D eigenvalue weighted by Crippen LogP contribution is 2.21. The zero-order valence-electron chi connectivity index (χ0n) is 13.1. The molecule has 0 heterocycles. The number of hydrogen-bond acceptors (Lipinski definition) is 2. The topological polar surface area (TPSA) is 53.5 Å². The molecule has 0 aliphatic heterocycles. The lowest BCUT2D eigenvalue weighted by Crippen LogP contribution is -2.24. The molecule has 2 amide bonds. The maximum Gasteiger partial charge on any atom is 0.339 e. The summed E-state index contributed by atoms with van der Waals surface area (Å²) in [6.07, 6.45) is 1.62. The molecule has 0 aliphatic rings. The van der Waals surface area contributed by atoms with Crippen LogP contribution in [0, 0.1) is 0 Å². The highest BCUT2D eigenvalue weighted by molar-refractivity contribution is 5.90. The summed E-state index contributed by atoms with van der Waals surface area (Å²) in [5.74, 6) is 0. The Bertz CT molecular complexity index is 640. The number of para-hydroxylation sites is 1. The Hall–Kier alpha value is -2.62. The number of anilines is 1. The van der Waals surface area contributed by atoms with Crippen molar-refractivity contribution >= 4 is 17.9 Å². The van der Waals surface area contributed by atoms with Gasteiger partial charge in [-0.25, -0.2) is 10.2 Å². The third kappa shape index (κ3) is 4.74. The molecular formula is C18H21N3O. The summed E-state index contributed by atoms with van der Waals surface area (Å²) in [5, 5.41) is 6.64. The minimum absolute atomic E-state index is 0.128. The predicted molar refractivity (Wildman–Crippen MR) is 91.3 cm³/mol. The van der Waals surface area contributed by atoms with Crippen LogP contribution in [0.4, 0.5) is 10.5 Å². The number of urea groups is 1. The van der Waals surface area contributed by atoms with Gasteiger partial charge in [-0.15, -0.1) is 0 Å². The first-order chi connectivity index (χ1) is 10.4. The second kappa shape index (κ2) is 6.89. The van der Waals surface area contributed by atoms with Crippen LogP contribution in [-0.2, 0) is 5.41 Å². The van der Waals surface area contributed by atoms with E-state index in [2.05, 4.69) is 48.7 Å². The van der Waals surface area contributed by atoms with Gasteiger partial charge in [0.1, 0.15) is 0 Å². The molecule has 0 unspecified atom stereocenters. The lowest BCUT2D eigenvalue weighted by molar-refractivity contribution is 0.252. The van der Waals surface area contributed by atoms with Crippen molar-refractivity contribution in [2.24, 2.45) is 5.10 Å². The molecule has 0 saturated carbocycles. The molecule has 2 rings (SSSR count). The largest absolute Gasteiger partial charge is 0.339 e. The number of carbonyl (C=O) groups excluding carboxylic acids is 1. The van der Waals surface area contributed by atoms with Gasteiger partial charge in [-0.2, -0.15) is 5.10 Å². The molecule has 0 fully saturated rings. The molecule has 0 aromatic heterocycles. The first-order valence-corrected chi connectivity index (χ1v) is 7.21. The van der Waals surface area contributed by atoms with E-state index >= 15 is 0 Å². The van der Waals surface area contributed by atoms with Gasteiger partial charge in [0.25, 0.3) is 0 Å². The van der Waals surface area contributed by atoms with E-state index in [1.54, 1.807) is 6.21 Å². The minimum atomic E-state index is -0.367. The molecule has 114 valence electrons. The van der Waals surface area contributed by atoms with Crippen molar-refractivity contribution in [2.75, 3.05) is 5.32 Å². The maximum absolute atomic E-state index is 11.7. The van der Waals surface area contributed by atoms with Crippen molar-refractivity contribution in [1.29, 1.82) is 0 Å². The van der Waals surface area contributed by atoms with Crippen molar-refractivity contribution in [3.63, 3.8) is 0 Å². The number of carbonyl (C=O) groups is 1. The molecule has 0 atom stereocenters. The lowest BCUT2D eigenvalue weighted by Gasteiger charge is -2.18. The van der Waals surface area contributed by atoms with E-state index in [0.717, 1.165) is 11.3 Å². The van der Waals surface area contributed by atoms with Gasteiger partial charge in [0.05, 0.1) is 6.21 Å². The van der Waals surface area contributed by atoms with E-state index in [1.165, 1.54) is 5.56 Å². The number of nitrogens with one attached hydrogen (secondary N) is 2. The quantitative estimate of drug-likeness (QED) is 0.649. The van der Waals surface area contributed by atoms with Gasteiger partial charge in [-0.3, -0.25) is 0 Å².